The van der Waals surface area contributed by atoms with Gasteiger partial charge in [0.05, 0.1) is 16.8 Å². The summed E-state index contributed by atoms with van der Waals surface area (Å²) >= 11 is 0. The molecule has 1 atom stereocenters. The van der Waals surface area contributed by atoms with Gasteiger partial charge in [-0.15, -0.1) is 0 Å². The minimum Gasteiger partial charge on any atom is -0.334 e. The number of imide groups is 1. The number of imidazole rings is 1. The molecule has 2 aliphatic heterocycles. The molecule has 3 aromatic rings. The van der Waals surface area contributed by atoms with Gasteiger partial charge >= 0.3 is 0 Å². The van der Waals surface area contributed by atoms with E-state index >= 15 is 0 Å². The molecule has 3 heterocycles. The van der Waals surface area contributed by atoms with Crippen molar-refractivity contribution >= 4 is 23.4 Å². The van der Waals surface area contributed by atoms with Gasteiger partial charge in [0.25, 0.3) is 11.8 Å². The predicted molar refractivity (Wildman–Crippen MR) is 116 cm³/mol. The number of nitrogens with one attached hydrogen (secondary N) is 1. The topological polar surface area (TPSA) is 84.3 Å². The second kappa shape index (κ2) is 7.50. The summed E-state index contributed by atoms with van der Waals surface area (Å²) in [6, 6.07) is 13.1. The third-order valence-electron chi connectivity index (χ3n) is 5.95. The fourth-order valence-electron chi connectivity index (χ4n) is 4.20. The van der Waals surface area contributed by atoms with E-state index in [9.17, 15) is 14.4 Å². The number of aryl methyl sites for hydroxylation is 2. The first kappa shape index (κ1) is 19.2. The summed E-state index contributed by atoms with van der Waals surface area (Å²) in [6.07, 6.45) is 5.43. The Labute approximate surface area is 179 Å². The molecule has 1 aromatic heterocycles. The maximum Gasteiger partial charge on any atom is 0.262 e. The number of fused-ring (bicyclic) bond motifs is 2. The van der Waals surface area contributed by atoms with Crippen molar-refractivity contribution in [2.24, 2.45) is 0 Å². The molecule has 5 rings (SSSR count). The molecule has 1 unspecified atom stereocenters. The molecular formula is C24H22N4O3. The van der Waals surface area contributed by atoms with E-state index in [-0.39, 0.29) is 0 Å². The predicted octanol–water partition coefficient (Wildman–Crippen LogP) is 3.51. The molecule has 2 aromatic carbocycles. The summed E-state index contributed by atoms with van der Waals surface area (Å²) < 4.78 is 2.21. The fourth-order valence-corrected chi connectivity index (χ4v) is 4.20. The van der Waals surface area contributed by atoms with E-state index in [0.717, 1.165) is 34.9 Å². The van der Waals surface area contributed by atoms with Crippen molar-refractivity contribution in [3.05, 3.63) is 71.7 Å². The third kappa shape index (κ3) is 3.32. The monoisotopic (exact) mass is 414 g/mol. The molecule has 0 saturated carbocycles. The molecule has 156 valence electrons. The number of hydrogen-bond donors (Lipinski definition) is 1. The highest BCUT2D eigenvalue weighted by atomic mass is 16.2. The summed E-state index contributed by atoms with van der Waals surface area (Å²) in [5.74, 6) is -0.183. The zero-order valence-electron chi connectivity index (χ0n) is 17.2. The van der Waals surface area contributed by atoms with Crippen molar-refractivity contribution in [3.63, 3.8) is 0 Å². The molecule has 0 bridgehead atoms. The van der Waals surface area contributed by atoms with Crippen LogP contribution in [0.25, 0.3) is 11.3 Å². The zero-order chi connectivity index (χ0) is 21.5. The lowest BCUT2D eigenvalue weighted by molar-refractivity contribution is -0.119. The summed E-state index contributed by atoms with van der Waals surface area (Å²) in [4.78, 5) is 43.7. The molecular weight excluding hydrogens is 392 g/mol. The average molecular weight is 414 g/mol. The van der Waals surface area contributed by atoms with Crippen LogP contribution in [-0.4, -0.2) is 38.2 Å². The second-order valence-corrected chi connectivity index (χ2v) is 7.96. The largest absolute Gasteiger partial charge is 0.334 e. The Hall–Kier alpha value is -3.74. The van der Waals surface area contributed by atoms with Gasteiger partial charge in [0.2, 0.25) is 5.91 Å². The minimum atomic E-state index is -0.924. The molecule has 0 spiro atoms. The molecule has 31 heavy (non-hydrogen) atoms. The first-order chi connectivity index (χ1) is 15.0. The van der Waals surface area contributed by atoms with Gasteiger partial charge in [0.15, 0.2) is 0 Å². The van der Waals surface area contributed by atoms with Crippen molar-refractivity contribution in [3.8, 4) is 11.3 Å². The number of amides is 3. The van der Waals surface area contributed by atoms with Crippen molar-refractivity contribution < 1.29 is 14.4 Å². The van der Waals surface area contributed by atoms with Gasteiger partial charge in [-0.05, 0) is 44.0 Å². The molecule has 0 fully saturated rings. The van der Waals surface area contributed by atoms with Gasteiger partial charge in [-0.1, -0.05) is 24.3 Å². The van der Waals surface area contributed by atoms with E-state index in [4.69, 9.17) is 4.98 Å². The van der Waals surface area contributed by atoms with E-state index in [1.165, 1.54) is 12.8 Å². The lowest BCUT2D eigenvalue weighted by Gasteiger charge is -2.21. The van der Waals surface area contributed by atoms with E-state index < -0.39 is 23.8 Å². The Bertz CT molecular complexity index is 1140. The standard InChI is InChI=1S/C24H22N4O3/c1-15(28-23(30)18-6-2-3-7-19(18)24(28)31)22(29)25-17-11-9-16(10-12-17)20-14-27-13-5-4-8-21(27)26-20/h2-3,6-7,9-12,14-15H,4-5,8,13H2,1H3,(H,25,29). The summed E-state index contributed by atoms with van der Waals surface area (Å²) in [5.41, 5.74) is 3.17. The van der Waals surface area contributed by atoms with Crippen molar-refractivity contribution in [2.75, 3.05) is 5.32 Å². The van der Waals surface area contributed by atoms with Gasteiger partial charge < -0.3 is 9.88 Å². The number of nitrogens with zero attached hydrogens (tertiary/aromatic N) is 3. The Balaban J connectivity index is 1.29. The average Bonchev–Trinajstić information content (AvgIpc) is 3.33. The van der Waals surface area contributed by atoms with Crippen LogP contribution in [0.2, 0.25) is 0 Å². The Kier molecular flexibility index (Phi) is 4.66. The first-order valence-corrected chi connectivity index (χ1v) is 10.5. The van der Waals surface area contributed by atoms with Crippen LogP contribution in [0.15, 0.2) is 54.7 Å². The molecule has 2 aliphatic rings. The fraction of sp³-hybridized carbons (Fsp3) is 0.250. The SMILES string of the molecule is CC(C(=O)Nc1ccc(-c2cn3c(n2)CCCC3)cc1)N1C(=O)c2ccccc2C1=O. The van der Waals surface area contributed by atoms with Crippen LogP contribution >= 0.6 is 0 Å². The number of anilines is 1. The minimum absolute atomic E-state index is 0.333. The van der Waals surface area contributed by atoms with Crippen LogP contribution in [0.1, 0.15) is 46.3 Å². The zero-order valence-corrected chi connectivity index (χ0v) is 17.2. The molecule has 7 heteroatoms. The molecule has 1 N–H and O–H groups in total. The Morgan fingerprint density at radius 1 is 1.00 bits per heavy atom. The van der Waals surface area contributed by atoms with E-state index in [2.05, 4.69) is 16.1 Å². The molecule has 7 nitrogen and oxygen atoms in total. The highest BCUT2D eigenvalue weighted by molar-refractivity contribution is 6.23. The normalized spacial score (nSPS) is 16.1. The van der Waals surface area contributed by atoms with Crippen molar-refractivity contribution in [2.45, 2.75) is 38.8 Å². The second-order valence-electron chi connectivity index (χ2n) is 7.96. The number of carbonyl (C=O) groups is 3. The van der Waals surface area contributed by atoms with E-state index in [1.54, 1.807) is 43.3 Å². The van der Waals surface area contributed by atoms with Gasteiger partial charge in [0.1, 0.15) is 11.9 Å². The Morgan fingerprint density at radius 3 is 2.32 bits per heavy atom. The van der Waals surface area contributed by atoms with E-state index in [0.29, 0.717) is 16.8 Å². The molecule has 0 aliphatic carbocycles. The third-order valence-corrected chi connectivity index (χ3v) is 5.95. The van der Waals surface area contributed by atoms with Gasteiger partial charge in [-0.2, -0.15) is 0 Å². The van der Waals surface area contributed by atoms with Gasteiger partial charge in [-0.25, -0.2) is 4.98 Å². The number of carbonyl (C=O) groups excluding carboxylic acids is 3. The van der Waals surface area contributed by atoms with Crippen LogP contribution in [0.5, 0.6) is 0 Å². The maximum absolute atomic E-state index is 12.8. The van der Waals surface area contributed by atoms with Crippen LogP contribution < -0.4 is 5.32 Å². The first-order valence-electron chi connectivity index (χ1n) is 10.5. The van der Waals surface area contributed by atoms with Crippen LogP contribution in [0.4, 0.5) is 5.69 Å². The van der Waals surface area contributed by atoms with Gasteiger partial charge in [0, 0.05) is 30.4 Å². The highest BCUT2D eigenvalue weighted by Gasteiger charge is 2.40. The van der Waals surface area contributed by atoms with Crippen molar-refractivity contribution in [1.82, 2.24) is 14.5 Å². The maximum atomic E-state index is 12.8. The smallest absolute Gasteiger partial charge is 0.262 e. The number of benzene rings is 2. The molecule has 0 radical (unpaired) electrons. The lowest BCUT2D eigenvalue weighted by Crippen LogP contribution is -2.45. The lowest BCUT2D eigenvalue weighted by atomic mass is 10.1. The highest BCUT2D eigenvalue weighted by Crippen LogP contribution is 2.26. The van der Waals surface area contributed by atoms with Gasteiger partial charge in [-0.3, -0.25) is 19.3 Å². The van der Waals surface area contributed by atoms with Crippen LogP contribution in [0.3, 0.4) is 0 Å². The summed E-state index contributed by atoms with van der Waals surface area (Å²) in [5, 5.41) is 2.80. The molecule has 3 amide bonds. The molecule has 0 saturated heterocycles. The summed E-state index contributed by atoms with van der Waals surface area (Å²) in [7, 11) is 0. The van der Waals surface area contributed by atoms with E-state index in [1.807, 2.05) is 12.1 Å². The quantitative estimate of drug-likeness (QED) is 0.662. The number of aromatic nitrogens is 2. The number of rotatable bonds is 4. The summed E-state index contributed by atoms with van der Waals surface area (Å²) in [6.45, 7) is 2.56. The van der Waals surface area contributed by atoms with Crippen molar-refractivity contribution in [1.29, 1.82) is 0 Å². The van der Waals surface area contributed by atoms with Crippen LogP contribution in [-0.2, 0) is 17.8 Å². The Morgan fingerprint density at radius 2 is 1.68 bits per heavy atom. The van der Waals surface area contributed by atoms with Crippen LogP contribution in [0, 0.1) is 0 Å². The number of hydrogen-bond acceptors (Lipinski definition) is 4.